The molecule has 2 aliphatic heterocycles. The molecule has 2 aliphatic rings. The molecule has 0 bridgehead atoms. The van der Waals surface area contributed by atoms with E-state index in [9.17, 15) is 4.79 Å². The third kappa shape index (κ3) is 1.51. The highest BCUT2D eigenvalue weighted by molar-refractivity contribution is 5.89. The Labute approximate surface area is 117 Å². The number of carbonyl (C=O) groups excluding carboxylic acids is 1. The molecule has 0 saturated heterocycles. The largest absolute Gasteiger partial charge is 0.489 e. The summed E-state index contributed by atoms with van der Waals surface area (Å²) < 4.78 is 5.88. The monoisotopic (exact) mass is 266 g/mol. The van der Waals surface area contributed by atoms with Gasteiger partial charge in [0.15, 0.2) is 12.5 Å². The first-order valence-electron chi connectivity index (χ1n) is 6.69. The van der Waals surface area contributed by atoms with Crippen LogP contribution in [0.25, 0.3) is 0 Å². The number of rotatable bonds is 2. The number of para-hydroxylation sites is 1. The van der Waals surface area contributed by atoms with Crippen LogP contribution >= 0.6 is 0 Å². The van der Waals surface area contributed by atoms with Gasteiger partial charge in [0.1, 0.15) is 18.0 Å². The number of carbonyl (C=O) groups is 1. The molecule has 0 aromatic heterocycles. The lowest BCUT2D eigenvalue weighted by molar-refractivity contribution is -0.108. The average Bonchev–Trinajstić information content (AvgIpc) is 2.89. The minimum atomic E-state index is -0.333. The van der Waals surface area contributed by atoms with Gasteiger partial charge in [-0.2, -0.15) is 0 Å². The summed E-state index contributed by atoms with van der Waals surface area (Å²) in [7, 11) is 0. The Kier molecular flexibility index (Phi) is 2.42. The normalized spacial score (nSPS) is 22.7. The topological polar surface area (TPSA) is 41.6 Å². The molecular formula is C16H14N2O2. The van der Waals surface area contributed by atoms with Gasteiger partial charge in [0.2, 0.25) is 0 Å². The van der Waals surface area contributed by atoms with Crippen molar-refractivity contribution in [2.45, 2.75) is 12.2 Å². The van der Waals surface area contributed by atoms with Crippen molar-refractivity contribution in [2.24, 2.45) is 0 Å². The Balaban J connectivity index is 1.84. The van der Waals surface area contributed by atoms with Crippen LogP contribution < -0.4 is 15.0 Å². The van der Waals surface area contributed by atoms with Crippen LogP contribution in [-0.4, -0.2) is 19.1 Å². The first-order chi connectivity index (χ1) is 9.88. The van der Waals surface area contributed by atoms with Crippen LogP contribution in [0.2, 0.25) is 0 Å². The maximum atomic E-state index is 11.4. The number of benzene rings is 2. The number of nitrogens with zero attached hydrogens (tertiary/aromatic N) is 1. The van der Waals surface area contributed by atoms with Crippen LogP contribution in [0.4, 0.5) is 11.4 Å². The lowest BCUT2D eigenvalue weighted by Gasteiger charge is -2.37. The van der Waals surface area contributed by atoms with Gasteiger partial charge < -0.3 is 15.0 Å². The van der Waals surface area contributed by atoms with Crippen LogP contribution in [0.3, 0.4) is 0 Å². The zero-order chi connectivity index (χ0) is 13.5. The van der Waals surface area contributed by atoms with E-state index in [-0.39, 0.29) is 12.2 Å². The fourth-order valence-electron chi connectivity index (χ4n) is 3.02. The molecule has 4 rings (SSSR count). The quantitative estimate of drug-likeness (QED) is 0.848. The Morgan fingerprint density at radius 1 is 1.15 bits per heavy atom. The molecule has 2 aromatic rings. The van der Waals surface area contributed by atoms with Crippen LogP contribution in [0.15, 0.2) is 48.5 Å². The number of hydrogen-bond acceptors (Lipinski definition) is 4. The third-order valence-electron chi connectivity index (χ3n) is 3.91. The van der Waals surface area contributed by atoms with Crippen LogP contribution in [0, 0.1) is 0 Å². The van der Waals surface area contributed by atoms with Crippen LogP contribution in [0.5, 0.6) is 5.75 Å². The predicted molar refractivity (Wildman–Crippen MR) is 77.1 cm³/mol. The second-order valence-corrected chi connectivity index (χ2v) is 5.02. The van der Waals surface area contributed by atoms with E-state index < -0.39 is 0 Å². The zero-order valence-electron chi connectivity index (χ0n) is 10.8. The molecule has 0 fully saturated rings. The van der Waals surface area contributed by atoms with Crippen molar-refractivity contribution in [3.63, 3.8) is 0 Å². The molecule has 0 spiro atoms. The highest BCUT2D eigenvalue weighted by Crippen LogP contribution is 2.48. The van der Waals surface area contributed by atoms with Gasteiger partial charge in [-0.25, -0.2) is 0 Å². The molecule has 4 heteroatoms. The van der Waals surface area contributed by atoms with Crippen molar-refractivity contribution >= 4 is 17.7 Å². The van der Waals surface area contributed by atoms with E-state index in [4.69, 9.17) is 4.74 Å². The lowest BCUT2D eigenvalue weighted by Crippen LogP contribution is -2.44. The van der Waals surface area contributed by atoms with Gasteiger partial charge in [-0.15, -0.1) is 0 Å². The molecule has 1 N–H and O–H groups in total. The summed E-state index contributed by atoms with van der Waals surface area (Å²) in [6, 6.07) is 16.1. The first-order valence-corrected chi connectivity index (χ1v) is 6.69. The second kappa shape index (κ2) is 4.27. The van der Waals surface area contributed by atoms with Gasteiger partial charge in [-0.3, -0.25) is 4.79 Å². The fourth-order valence-corrected chi connectivity index (χ4v) is 3.02. The van der Waals surface area contributed by atoms with E-state index in [0.717, 1.165) is 29.0 Å². The minimum absolute atomic E-state index is 0.0510. The average molecular weight is 266 g/mol. The summed E-state index contributed by atoms with van der Waals surface area (Å²) >= 11 is 0. The smallest absolute Gasteiger partial charge is 0.162 e. The van der Waals surface area contributed by atoms with Gasteiger partial charge in [0.05, 0.1) is 11.7 Å². The standard InChI is InChI=1S/C16H14N2O2/c19-9-15-17-12-7-4-8-14-16(12)18(15)13(10-20-14)11-5-2-1-3-6-11/h1-9,13,15,17H,10H2. The van der Waals surface area contributed by atoms with Gasteiger partial charge in [-0.05, 0) is 17.7 Å². The van der Waals surface area contributed by atoms with Crippen molar-refractivity contribution in [3.8, 4) is 5.75 Å². The molecule has 100 valence electrons. The molecule has 0 radical (unpaired) electrons. The zero-order valence-corrected chi connectivity index (χ0v) is 10.8. The van der Waals surface area contributed by atoms with Gasteiger partial charge in [0, 0.05) is 0 Å². The first kappa shape index (κ1) is 11.3. The van der Waals surface area contributed by atoms with E-state index in [2.05, 4.69) is 22.3 Å². The summed E-state index contributed by atoms with van der Waals surface area (Å²) in [5, 5.41) is 3.24. The summed E-state index contributed by atoms with van der Waals surface area (Å²) in [5.41, 5.74) is 3.11. The van der Waals surface area contributed by atoms with E-state index in [1.165, 1.54) is 0 Å². The summed E-state index contributed by atoms with van der Waals surface area (Å²) in [4.78, 5) is 13.5. The van der Waals surface area contributed by atoms with Crippen molar-refractivity contribution in [3.05, 3.63) is 54.1 Å². The highest BCUT2D eigenvalue weighted by Gasteiger charge is 2.40. The SMILES string of the molecule is O=CC1Nc2cccc3c2N1C(c1ccccc1)CO3. The molecule has 2 aromatic carbocycles. The third-order valence-corrected chi connectivity index (χ3v) is 3.91. The highest BCUT2D eigenvalue weighted by atomic mass is 16.5. The number of anilines is 2. The second-order valence-electron chi connectivity index (χ2n) is 5.02. The molecule has 0 aliphatic carbocycles. The fraction of sp³-hybridized carbons (Fsp3) is 0.188. The minimum Gasteiger partial charge on any atom is -0.489 e. The Morgan fingerprint density at radius 3 is 2.80 bits per heavy atom. The number of ether oxygens (including phenoxy) is 1. The summed E-state index contributed by atoms with van der Waals surface area (Å²) in [5.74, 6) is 0.839. The van der Waals surface area contributed by atoms with Crippen molar-refractivity contribution < 1.29 is 9.53 Å². The number of aldehydes is 1. The van der Waals surface area contributed by atoms with E-state index in [0.29, 0.717) is 6.61 Å². The number of nitrogens with one attached hydrogen (secondary N) is 1. The molecule has 2 atom stereocenters. The van der Waals surface area contributed by atoms with Gasteiger partial charge in [-0.1, -0.05) is 36.4 Å². The molecule has 4 nitrogen and oxygen atoms in total. The molecule has 2 heterocycles. The maximum absolute atomic E-state index is 11.4. The van der Waals surface area contributed by atoms with Crippen molar-refractivity contribution in [1.82, 2.24) is 0 Å². The van der Waals surface area contributed by atoms with Gasteiger partial charge >= 0.3 is 0 Å². The molecule has 0 saturated carbocycles. The Bertz CT molecular complexity index is 657. The maximum Gasteiger partial charge on any atom is 0.162 e. The molecule has 20 heavy (non-hydrogen) atoms. The Morgan fingerprint density at radius 2 is 2.00 bits per heavy atom. The van der Waals surface area contributed by atoms with Crippen LogP contribution in [0.1, 0.15) is 11.6 Å². The van der Waals surface area contributed by atoms with Crippen LogP contribution in [-0.2, 0) is 4.79 Å². The van der Waals surface area contributed by atoms with E-state index >= 15 is 0 Å². The summed E-state index contributed by atoms with van der Waals surface area (Å²) in [6.07, 6.45) is 0.616. The van der Waals surface area contributed by atoms with Crippen molar-refractivity contribution in [1.29, 1.82) is 0 Å². The molecular weight excluding hydrogens is 252 g/mol. The lowest BCUT2D eigenvalue weighted by atomic mass is 10.0. The summed E-state index contributed by atoms with van der Waals surface area (Å²) in [6.45, 7) is 0.548. The number of hydrogen-bond donors (Lipinski definition) is 1. The van der Waals surface area contributed by atoms with Gasteiger partial charge in [0.25, 0.3) is 0 Å². The molecule has 2 unspecified atom stereocenters. The molecule has 0 amide bonds. The van der Waals surface area contributed by atoms with E-state index in [1.54, 1.807) is 0 Å². The van der Waals surface area contributed by atoms with E-state index in [1.807, 2.05) is 36.4 Å². The Hall–Kier alpha value is -2.49. The predicted octanol–water partition coefficient (Wildman–Crippen LogP) is 2.58. The van der Waals surface area contributed by atoms with Crippen molar-refractivity contribution in [2.75, 3.05) is 16.8 Å².